The number of benzene rings is 2. The first-order valence-corrected chi connectivity index (χ1v) is 5.44. The molecule has 0 atom stereocenters. The Labute approximate surface area is 96.4 Å². The Hall–Kier alpha value is -1.60. The molecule has 0 fully saturated rings. The van der Waals surface area contributed by atoms with E-state index in [-0.39, 0.29) is 0 Å². The van der Waals surface area contributed by atoms with Crippen LogP contribution in [0.2, 0.25) is 0 Å². The van der Waals surface area contributed by atoms with Crippen LogP contribution in [0.5, 0.6) is 0 Å². The van der Waals surface area contributed by atoms with E-state index in [0.29, 0.717) is 0 Å². The van der Waals surface area contributed by atoms with E-state index in [1.807, 2.05) is 0 Å². The molecule has 0 saturated heterocycles. The molecule has 1 heteroatoms. The van der Waals surface area contributed by atoms with Gasteiger partial charge in [0, 0.05) is 14.2 Å². The molecular weight excluding hydrogens is 196 g/mol. The van der Waals surface area contributed by atoms with Gasteiger partial charge in [-0.3, -0.25) is 0 Å². The summed E-state index contributed by atoms with van der Waals surface area (Å²) in [6.07, 6.45) is 5.53. The summed E-state index contributed by atoms with van der Waals surface area (Å²) in [7, 11) is 3.25. The molecule has 2 aromatic rings. The fourth-order valence-corrected chi connectivity index (χ4v) is 2.07. The van der Waals surface area contributed by atoms with Crippen LogP contribution in [0.25, 0.3) is 16.8 Å². The lowest BCUT2D eigenvalue weighted by atomic mass is 9.93. The van der Waals surface area contributed by atoms with Gasteiger partial charge in [-0.2, -0.15) is 0 Å². The van der Waals surface area contributed by atoms with Gasteiger partial charge in [-0.25, -0.2) is 0 Å². The number of rotatable bonds is 0. The zero-order chi connectivity index (χ0) is 11.4. The van der Waals surface area contributed by atoms with Crippen molar-refractivity contribution in [2.45, 2.75) is 6.42 Å². The first-order chi connectivity index (χ1) is 7.86. The zero-order valence-corrected chi connectivity index (χ0v) is 9.73. The third-order valence-corrected chi connectivity index (χ3v) is 2.66. The Morgan fingerprint density at radius 3 is 2.44 bits per heavy atom. The zero-order valence-electron chi connectivity index (χ0n) is 9.73. The normalized spacial score (nSPS) is 12.1. The van der Waals surface area contributed by atoms with Crippen LogP contribution in [0.15, 0.2) is 42.5 Å². The minimum absolute atomic E-state index is 1.08. The molecule has 0 unspecified atom stereocenters. The van der Waals surface area contributed by atoms with Crippen LogP contribution in [0.3, 0.4) is 0 Å². The van der Waals surface area contributed by atoms with Crippen molar-refractivity contribution in [3.05, 3.63) is 53.6 Å². The molecular formula is C15H16O. The number of allylic oxidation sites excluding steroid dienone is 1. The SMILES string of the molecule is C1=Cc2cccc3cccc(c23)C1.COC. The molecule has 0 bridgehead atoms. The summed E-state index contributed by atoms with van der Waals surface area (Å²) in [4.78, 5) is 0. The number of ether oxygens (including phenoxy) is 1. The smallest absolute Gasteiger partial charge is 0.0351 e. The van der Waals surface area contributed by atoms with Gasteiger partial charge in [0.25, 0.3) is 0 Å². The highest BCUT2D eigenvalue weighted by atomic mass is 16.4. The van der Waals surface area contributed by atoms with Gasteiger partial charge in [0.15, 0.2) is 0 Å². The van der Waals surface area contributed by atoms with Crippen molar-refractivity contribution in [2.75, 3.05) is 14.2 Å². The lowest BCUT2D eigenvalue weighted by Gasteiger charge is -2.11. The van der Waals surface area contributed by atoms with E-state index < -0.39 is 0 Å². The largest absolute Gasteiger partial charge is 0.388 e. The molecule has 0 amide bonds. The van der Waals surface area contributed by atoms with Crippen molar-refractivity contribution >= 4 is 16.8 Å². The van der Waals surface area contributed by atoms with E-state index >= 15 is 0 Å². The fraction of sp³-hybridized carbons (Fsp3) is 0.200. The third-order valence-electron chi connectivity index (χ3n) is 2.66. The second kappa shape index (κ2) is 4.95. The molecule has 1 aliphatic rings. The van der Waals surface area contributed by atoms with Crippen LogP contribution in [0.1, 0.15) is 11.1 Å². The Morgan fingerprint density at radius 1 is 1.00 bits per heavy atom. The third kappa shape index (κ3) is 2.00. The average Bonchev–Trinajstić information content (AvgIpc) is 2.31. The van der Waals surface area contributed by atoms with Gasteiger partial charge in [0.2, 0.25) is 0 Å². The van der Waals surface area contributed by atoms with Gasteiger partial charge in [-0.15, -0.1) is 0 Å². The predicted octanol–water partition coefficient (Wildman–Crippen LogP) is 3.67. The van der Waals surface area contributed by atoms with E-state index in [4.69, 9.17) is 0 Å². The Bertz CT molecular complexity index is 507. The van der Waals surface area contributed by atoms with E-state index in [1.54, 1.807) is 14.2 Å². The van der Waals surface area contributed by atoms with Crippen molar-refractivity contribution in [2.24, 2.45) is 0 Å². The molecule has 0 saturated carbocycles. The summed E-state index contributed by atoms with van der Waals surface area (Å²) in [6, 6.07) is 13.0. The highest BCUT2D eigenvalue weighted by molar-refractivity contribution is 5.94. The molecule has 0 N–H and O–H groups in total. The van der Waals surface area contributed by atoms with E-state index in [1.165, 1.54) is 21.9 Å². The quantitative estimate of drug-likeness (QED) is 0.647. The second-order valence-corrected chi connectivity index (χ2v) is 3.88. The molecule has 0 spiro atoms. The van der Waals surface area contributed by atoms with Crippen LogP contribution >= 0.6 is 0 Å². The van der Waals surface area contributed by atoms with E-state index in [0.717, 1.165) is 6.42 Å². The van der Waals surface area contributed by atoms with Gasteiger partial charge in [-0.1, -0.05) is 48.6 Å². The van der Waals surface area contributed by atoms with Crippen molar-refractivity contribution in [1.82, 2.24) is 0 Å². The maximum Gasteiger partial charge on any atom is 0.0351 e. The highest BCUT2D eigenvalue weighted by Crippen LogP contribution is 2.27. The van der Waals surface area contributed by atoms with Gasteiger partial charge in [0.05, 0.1) is 0 Å². The number of methoxy groups -OCH3 is 1. The topological polar surface area (TPSA) is 9.23 Å². The lowest BCUT2D eigenvalue weighted by Crippen LogP contribution is -1.91. The summed E-state index contributed by atoms with van der Waals surface area (Å²) in [5.41, 5.74) is 2.81. The van der Waals surface area contributed by atoms with Crippen LogP contribution < -0.4 is 0 Å². The van der Waals surface area contributed by atoms with Gasteiger partial charge in [0.1, 0.15) is 0 Å². The summed E-state index contributed by atoms with van der Waals surface area (Å²) in [5.74, 6) is 0. The first kappa shape index (κ1) is 10.9. The minimum atomic E-state index is 1.08. The highest BCUT2D eigenvalue weighted by Gasteiger charge is 2.06. The average molecular weight is 212 g/mol. The summed E-state index contributed by atoms with van der Waals surface area (Å²) in [5, 5.41) is 2.80. The fourth-order valence-electron chi connectivity index (χ4n) is 2.07. The van der Waals surface area contributed by atoms with Crippen LogP contribution in [-0.2, 0) is 11.2 Å². The lowest BCUT2D eigenvalue weighted by molar-refractivity contribution is 0.277. The Morgan fingerprint density at radius 2 is 1.69 bits per heavy atom. The van der Waals surface area contributed by atoms with E-state index in [9.17, 15) is 0 Å². The minimum Gasteiger partial charge on any atom is -0.388 e. The molecule has 0 aromatic heterocycles. The molecule has 3 rings (SSSR count). The van der Waals surface area contributed by atoms with Crippen molar-refractivity contribution in [1.29, 1.82) is 0 Å². The summed E-state index contributed by atoms with van der Waals surface area (Å²) < 4.78 is 4.25. The second-order valence-electron chi connectivity index (χ2n) is 3.88. The number of hydrogen-bond acceptors (Lipinski definition) is 1. The van der Waals surface area contributed by atoms with Crippen LogP contribution in [0, 0.1) is 0 Å². The Balaban J connectivity index is 0.000000292. The molecule has 0 aliphatic heterocycles. The van der Waals surface area contributed by atoms with Crippen LogP contribution in [0.4, 0.5) is 0 Å². The molecule has 1 nitrogen and oxygen atoms in total. The first-order valence-electron chi connectivity index (χ1n) is 5.44. The molecule has 2 aromatic carbocycles. The van der Waals surface area contributed by atoms with Gasteiger partial charge >= 0.3 is 0 Å². The predicted molar refractivity (Wildman–Crippen MR) is 69.6 cm³/mol. The van der Waals surface area contributed by atoms with E-state index in [2.05, 4.69) is 53.3 Å². The molecule has 0 radical (unpaired) electrons. The molecule has 16 heavy (non-hydrogen) atoms. The van der Waals surface area contributed by atoms with Gasteiger partial charge < -0.3 is 4.74 Å². The van der Waals surface area contributed by atoms with Crippen molar-refractivity contribution in [3.8, 4) is 0 Å². The number of hydrogen-bond donors (Lipinski definition) is 0. The summed E-state index contributed by atoms with van der Waals surface area (Å²) >= 11 is 0. The van der Waals surface area contributed by atoms with Crippen molar-refractivity contribution < 1.29 is 4.74 Å². The van der Waals surface area contributed by atoms with Gasteiger partial charge in [-0.05, 0) is 28.3 Å². The van der Waals surface area contributed by atoms with Crippen molar-refractivity contribution in [3.63, 3.8) is 0 Å². The molecule has 1 aliphatic carbocycles. The standard InChI is InChI=1S/C13H10.C2H6O/c1-4-10-6-2-8-12-9-3-7-11(5-1)13(10)12;1-3-2/h1-8H,9H2;1-2H3. The van der Waals surface area contributed by atoms with Crippen LogP contribution in [-0.4, -0.2) is 14.2 Å². The molecule has 82 valence electrons. The molecule has 0 heterocycles. The maximum absolute atomic E-state index is 4.25. The maximum atomic E-state index is 4.25. The monoisotopic (exact) mass is 212 g/mol. The Kier molecular flexibility index (Phi) is 3.37. The summed E-state index contributed by atoms with van der Waals surface area (Å²) in [6.45, 7) is 0.